The van der Waals surface area contributed by atoms with Gasteiger partial charge in [-0.15, -0.1) is 0 Å². The molecule has 0 aromatic heterocycles. The molecule has 0 aromatic carbocycles. The first-order valence-corrected chi connectivity index (χ1v) is 2.59. The Morgan fingerprint density at radius 3 is 2.50 bits per heavy atom. The van der Waals surface area contributed by atoms with Gasteiger partial charge in [-0.2, -0.15) is 0 Å². The molecule has 0 radical (unpaired) electrons. The highest BCUT2D eigenvalue weighted by atomic mass is 16.5. The van der Waals surface area contributed by atoms with Gasteiger partial charge in [0.25, 0.3) is 0 Å². The summed E-state index contributed by atoms with van der Waals surface area (Å²) >= 11 is 0. The van der Waals surface area contributed by atoms with E-state index in [-0.39, 0.29) is 17.9 Å². The molecule has 1 saturated carbocycles. The molecule has 0 aromatic rings. The topological polar surface area (TPSA) is 52.3 Å². The summed E-state index contributed by atoms with van der Waals surface area (Å²) in [6, 6.07) is 0.0717. The normalized spacial score (nSPS) is 34.2. The van der Waals surface area contributed by atoms with Crippen molar-refractivity contribution in [1.82, 2.24) is 0 Å². The third-order valence-corrected chi connectivity index (χ3v) is 1.34. The molecule has 0 spiro atoms. The van der Waals surface area contributed by atoms with Crippen LogP contribution < -0.4 is 5.73 Å². The average Bonchev–Trinajstić information content (AvgIpc) is 2.45. The van der Waals surface area contributed by atoms with Crippen LogP contribution in [0.1, 0.15) is 6.42 Å². The van der Waals surface area contributed by atoms with E-state index in [4.69, 9.17) is 5.73 Å². The van der Waals surface area contributed by atoms with Crippen molar-refractivity contribution in [3.63, 3.8) is 0 Å². The second kappa shape index (κ2) is 1.74. The number of carbonyl (C=O) groups is 1. The second-order valence-electron chi connectivity index (χ2n) is 2.03. The van der Waals surface area contributed by atoms with Gasteiger partial charge in [0.15, 0.2) is 0 Å². The minimum Gasteiger partial charge on any atom is -0.469 e. The maximum Gasteiger partial charge on any atom is 0.310 e. The van der Waals surface area contributed by atoms with Crippen molar-refractivity contribution in [1.29, 1.82) is 0 Å². The number of nitrogens with two attached hydrogens (primary N) is 1. The Balaban J connectivity index is 2.28. The molecule has 1 aliphatic rings. The van der Waals surface area contributed by atoms with Crippen LogP contribution in [0.4, 0.5) is 0 Å². The van der Waals surface area contributed by atoms with E-state index in [1.807, 2.05) is 0 Å². The summed E-state index contributed by atoms with van der Waals surface area (Å²) in [6.07, 6.45) is 0.798. The molecule has 0 aliphatic heterocycles. The van der Waals surface area contributed by atoms with E-state index in [1.54, 1.807) is 0 Å². The minimum absolute atomic E-state index is 0.000000000000000222. The van der Waals surface area contributed by atoms with Crippen molar-refractivity contribution in [2.24, 2.45) is 11.7 Å². The zero-order valence-electron chi connectivity index (χ0n) is 4.76. The van der Waals surface area contributed by atoms with Gasteiger partial charge >= 0.3 is 5.97 Å². The summed E-state index contributed by atoms with van der Waals surface area (Å²) in [5.74, 6) is -0.169. The van der Waals surface area contributed by atoms with Gasteiger partial charge in [-0.1, -0.05) is 0 Å². The molecule has 1 fully saturated rings. The molecule has 8 heavy (non-hydrogen) atoms. The molecular weight excluding hydrogens is 106 g/mol. The van der Waals surface area contributed by atoms with Gasteiger partial charge in [0, 0.05) is 6.04 Å². The van der Waals surface area contributed by atoms with Crippen molar-refractivity contribution in [2.45, 2.75) is 12.5 Å². The number of rotatable bonds is 1. The van der Waals surface area contributed by atoms with Gasteiger partial charge < -0.3 is 10.5 Å². The Morgan fingerprint density at radius 2 is 2.38 bits per heavy atom. The van der Waals surface area contributed by atoms with Crippen LogP contribution in [0.2, 0.25) is 0 Å². The van der Waals surface area contributed by atoms with E-state index in [0.717, 1.165) is 6.42 Å². The fourth-order valence-corrected chi connectivity index (χ4v) is 0.637. The second-order valence-corrected chi connectivity index (χ2v) is 2.03. The van der Waals surface area contributed by atoms with Crippen molar-refractivity contribution < 1.29 is 9.53 Å². The van der Waals surface area contributed by atoms with Gasteiger partial charge in [0.05, 0.1) is 13.0 Å². The first kappa shape index (κ1) is 5.56. The summed E-state index contributed by atoms with van der Waals surface area (Å²) in [5.41, 5.74) is 5.34. The molecule has 2 N–H and O–H groups in total. The summed E-state index contributed by atoms with van der Waals surface area (Å²) in [7, 11) is 1.38. The summed E-state index contributed by atoms with van der Waals surface area (Å²) in [6.45, 7) is 0. The Kier molecular flexibility index (Phi) is 1.21. The lowest BCUT2D eigenvalue weighted by Gasteiger charge is -1.91. The predicted molar refractivity (Wildman–Crippen MR) is 28.1 cm³/mol. The molecule has 0 bridgehead atoms. The van der Waals surface area contributed by atoms with Crippen LogP contribution in [0.5, 0.6) is 0 Å². The van der Waals surface area contributed by atoms with Crippen LogP contribution >= 0.6 is 0 Å². The van der Waals surface area contributed by atoms with Crippen molar-refractivity contribution in [3.8, 4) is 0 Å². The van der Waals surface area contributed by atoms with Gasteiger partial charge in [-0.3, -0.25) is 4.79 Å². The third kappa shape index (κ3) is 0.816. The van der Waals surface area contributed by atoms with Crippen molar-refractivity contribution in [2.75, 3.05) is 7.11 Å². The lowest BCUT2D eigenvalue weighted by molar-refractivity contribution is -0.142. The number of carbonyl (C=O) groups excluding carboxylic acids is 1. The van der Waals surface area contributed by atoms with Crippen LogP contribution in [0, 0.1) is 5.92 Å². The van der Waals surface area contributed by atoms with E-state index in [9.17, 15) is 4.79 Å². The van der Waals surface area contributed by atoms with Crippen LogP contribution in [0.15, 0.2) is 0 Å². The highest BCUT2D eigenvalue weighted by Gasteiger charge is 2.40. The molecule has 1 rings (SSSR count). The van der Waals surface area contributed by atoms with E-state index < -0.39 is 0 Å². The molecule has 0 heterocycles. The van der Waals surface area contributed by atoms with Gasteiger partial charge in [0.2, 0.25) is 0 Å². The molecule has 0 saturated heterocycles. The lowest BCUT2D eigenvalue weighted by atomic mass is 10.4. The average molecular weight is 115 g/mol. The molecule has 3 heteroatoms. The zero-order valence-corrected chi connectivity index (χ0v) is 4.76. The highest BCUT2D eigenvalue weighted by molar-refractivity contribution is 5.76. The first-order valence-electron chi connectivity index (χ1n) is 2.59. The van der Waals surface area contributed by atoms with Crippen molar-refractivity contribution in [3.05, 3.63) is 0 Å². The van der Waals surface area contributed by atoms with Crippen LogP contribution in [0.25, 0.3) is 0 Å². The maximum absolute atomic E-state index is 10.5. The number of hydrogen-bond acceptors (Lipinski definition) is 3. The summed E-state index contributed by atoms with van der Waals surface area (Å²) in [5, 5.41) is 0. The highest BCUT2D eigenvalue weighted by Crippen LogP contribution is 2.28. The Labute approximate surface area is 47.8 Å². The zero-order chi connectivity index (χ0) is 6.15. The fraction of sp³-hybridized carbons (Fsp3) is 0.800. The van der Waals surface area contributed by atoms with E-state index in [1.165, 1.54) is 7.11 Å². The summed E-state index contributed by atoms with van der Waals surface area (Å²) < 4.78 is 4.43. The number of hydrogen-bond donors (Lipinski definition) is 1. The maximum atomic E-state index is 10.5. The molecule has 3 nitrogen and oxygen atoms in total. The summed E-state index contributed by atoms with van der Waals surface area (Å²) in [4.78, 5) is 10.5. The lowest BCUT2D eigenvalue weighted by Crippen LogP contribution is -2.11. The minimum atomic E-state index is -0.169. The van der Waals surface area contributed by atoms with E-state index in [2.05, 4.69) is 4.74 Å². The predicted octanol–water partition coefficient (Wildman–Crippen LogP) is -0.493. The molecule has 0 amide bonds. The van der Waals surface area contributed by atoms with E-state index in [0.29, 0.717) is 0 Å². The Hall–Kier alpha value is -0.570. The monoisotopic (exact) mass is 115 g/mol. The largest absolute Gasteiger partial charge is 0.469 e. The number of ether oxygens (including phenoxy) is 1. The molecule has 2 atom stereocenters. The third-order valence-electron chi connectivity index (χ3n) is 1.34. The van der Waals surface area contributed by atoms with Gasteiger partial charge in [0.1, 0.15) is 0 Å². The first-order chi connectivity index (χ1) is 3.75. The van der Waals surface area contributed by atoms with Crippen molar-refractivity contribution >= 4 is 5.97 Å². The Morgan fingerprint density at radius 1 is 1.88 bits per heavy atom. The number of methoxy groups -OCH3 is 1. The van der Waals surface area contributed by atoms with Crippen LogP contribution in [-0.4, -0.2) is 19.1 Å². The number of esters is 1. The Bertz CT molecular complexity index is 113. The SMILES string of the molecule is COC(=O)[C@@H]1C[C@H]1N. The van der Waals surface area contributed by atoms with Crippen LogP contribution in [-0.2, 0) is 9.53 Å². The molecule has 0 unspecified atom stereocenters. The standard InChI is InChI=1S/C5H9NO2/c1-8-5(7)3-2-4(3)6/h3-4H,2,6H2,1H3/t3-,4-/m1/s1. The van der Waals surface area contributed by atoms with Gasteiger partial charge in [-0.25, -0.2) is 0 Å². The molecule has 1 aliphatic carbocycles. The molecular formula is C5H9NO2. The molecule has 46 valence electrons. The fourth-order valence-electron chi connectivity index (χ4n) is 0.637. The quantitative estimate of drug-likeness (QED) is 0.469. The van der Waals surface area contributed by atoms with Crippen LogP contribution in [0.3, 0.4) is 0 Å². The van der Waals surface area contributed by atoms with E-state index >= 15 is 0 Å². The van der Waals surface area contributed by atoms with Gasteiger partial charge in [-0.05, 0) is 6.42 Å². The smallest absolute Gasteiger partial charge is 0.310 e.